The molecule has 1 rings (SSSR count). The first kappa shape index (κ1) is 14.9. The third kappa shape index (κ3) is 6.98. The van der Waals surface area contributed by atoms with Crippen LogP contribution in [0.2, 0.25) is 0 Å². The van der Waals surface area contributed by atoms with Gasteiger partial charge >= 0.3 is 0 Å². The van der Waals surface area contributed by atoms with Crippen molar-refractivity contribution in [1.29, 1.82) is 0 Å². The molecular formula is C11H24N2O3S. The normalized spacial score (nSPS) is 18.4. The highest BCUT2D eigenvalue weighted by Crippen LogP contribution is 2.13. The van der Waals surface area contributed by atoms with Crippen LogP contribution in [-0.2, 0) is 14.8 Å². The Bertz CT molecular complexity index is 287. The Balaban J connectivity index is 2.14. The Hall–Kier alpha value is -0.170. The van der Waals surface area contributed by atoms with Crippen LogP contribution in [-0.4, -0.2) is 47.0 Å². The Morgan fingerprint density at radius 1 is 1.24 bits per heavy atom. The maximum absolute atomic E-state index is 11.7. The average Bonchev–Trinajstić information content (AvgIpc) is 2.34. The molecule has 0 spiro atoms. The van der Waals surface area contributed by atoms with Crippen molar-refractivity contribution >= 4 is 10.0 Å². The van der Waals surface area contributed by atoms with Crippen molar-refractivity contribution in [3.8, 4) is 0 Å². The van der Waals surface area contributed by atoms with Gasteiger partial charge in [-0.1, -0.05) is 6.92 Å². The first-order valence-electron chi connectivity index (χ1n) is 6.40. The predicted molar refractivity (Wildman–Crippen MR) is 68.5 cm³/mol. The maximum Gasteiger partial charge on any atom is 0.212 e. The third-order valence-electron chi connectivity index (χ3n) is 2.91. The van der Waals surface area contributed by atoms with Crippen molar-refractivity contribution < 1.29 is 13.2 Å². The summed E-state index contributed by atoms with van der Waals surface area (Å²) in [4.78, 5) is 0. The summed E-state index contributed by atoms with van der Waals surface area (Å²) in [7, 11) is -3.11. The summed E-state index contributed by atoms with van der Waals surface area (Å²) in [6.07, 6.45) is 2.93. The number of rotatable bonds is 8. The van der Waals surface area contributed by atoms with Crippen LogP contribution in [0.1, 0.15) is 26.2 Å². The lowest BCUT2D eigenvalue weighted by atomic mass is 10.0. The van der Waals surface area contributed by atoms with E-state index in [1.807, 2.05) is 0 Å². The van der Waals surface area contributed by atoms with E-state index in [9.17, 15) is 8.42 Å². The Labute approximate surface area is 104 Å². The van der Waals surface area contributed by atoms with Crippen LogP contribution in [0.3, 0.4) is 0 Å². The number of sulfonamides is 1. The van der Waals surface area contributed by atoms with E-state index in [1.165, 1.54) is 0 Å². The molecule has 0 bridgehead atoms. The fraction of sp³-hybridized carbons (Fsp3) is 1.00. The van der Waals surface area contributed by atoms with Gasteiger partial charge in [-0.05, 0) is 31.7 Å². The highest BCUT2D eigenvalue weighted by molar-refractivity contribution is 7.89. The lowest BCUT2D eigenvalue weighted by molar-refractivity contribution is 0.0678. The van der Waals surface area contributed by atoms with E-state index in [2.05, 4.69) is 17.0 Å². The van der Waals surface area contributed by atoms with Crippen LogP contribution in [0.4, 0.5) is 0 Å². The molecule has 0 aromatic carbocycles. The first-order valence-corrected chi connectivity index (χ1v) is 8.05. The Morgan fingerprint density at radius 3 is 2.59 bits per heavy atom. The number of nitrogens with one attached hydrogen (secondary N) is 2. The smallest absolute Gasteiger partial charge is 0.212 e. The van der Waals surface area contributed by atoms with Gasteiger partial charge in [-0.25, -0.2) is 13.1 Å². The predicted octanol–water partition coefficient (Wildman–Crippen LogP) is 0.332. The quantitative estimate of drug-likeness (QED) is 0.620. The van der Waals surface area contributed by atoms with Crippen molar-refractivity contribution in [1.82, 2.24) is 10.0 Å². The lowest BCUT2D eigenvalue weighted by Gasteiger charge is -2.22. The zero-order valence-corrected chi connectivity index (χ0v) is 11.4. The molecule has 0 atom stereocenters. The van der Waals surface area contributed by atoms with Crippen molar-refractivity contribution in [3.05, 3.63) is 0 Å². The van der Waals surface area contributed by atoms with Crippen molar-refractivity contribution in [2.45, 2.75) is 26.2 Å². The molecule has 0 radical (unpaired) electrons. The fourth-order valence-electron chi connectivity index (χ4n) is 1.78. The van der Waals surface area contributed by atoms with Crippen LogP contribution in [0.25, 0.3) is 0 Å². The molecular weight excluding hydrogens is 240 g/mol. The summed E-state index contributed by atoms with van der Waals surface area (Å²) in [6.45, 7) is 5.52. The summed E-state index contributed by atoms with van der Waals surface area (Å²) in [6, 6.07) is 0. The molecule has 1 heterocycles. The lowest BCUT2D eigenvalue weighted by Crippen LogP contribution is -2.36. The third-order valence-corrected chi connectivity index (χ3v) is 4.26. The molecule has 0 aromatic rings. The highest BCUT2D eigenvalue weighted by Gasteiger charge is 2.17. The molecule has 0 aliphatic carbocycles. The van der Waals surface area contributed by atoms with E-state index in [0.717, 1.165) is 39.0 Å². The molecule has 0 amide bonds. The monoisotopic (exact) mass is 264 g/mol. The van der Waals surface area contributed by atoms with Gasteiger partial charge in [0.1, 0.15) is 0 Å². The van der Waals surface area contributed by atoms with Crippen molar-refractivity contribution in [3.63, 3.8) is 0 Å². The summed E-state index contributed by atoms with van der Waals surface area (Å²) in [5, 5.41) is 3.09. The molecule has 102 valence electrons. The zero-order valence-electron chi connectivity index (χ0n) is 10.6. The van der Waals surface area contributed by atoms with Crippen LogP contribution >= 0.6 is 0 Å². The molecule has 6 heteroatoms. The number of ether oxygens (including phenoxy) is 1. The zero-order chi connectivity index (χ0) is 12.6. The second-order valence-corrected chi connectivity index (χ2v) is 6.40. The molecule has 1 fully saturated rings. The molecule has 1 aliphatic rings. The van der Waals surface area contributed by atoms with Gasteiger partial charge < -0.3 is 10.1 Å². The van der Waals surface area contributed by atoms with Gasteiger partial charge in [-0.15, -0.1) is 0 Å². The molecule has 0 saturated carbocycles. The van der Waals surface area contributed by atoms with Gasteiger partial charge in [0, 0.05) is 26.3 Å². The second kappa shape index (κ2) is 8.02. The van der Waals surface area contributed by atoms with E-state index in [4.69, 9.17) is 4.74 Å². The summed E-state index contributed by atoms with van der Waals surface area (Å²) in [5.41, 5.74) is 0. The minimum atomic E-state index is -3.11. The topological polar surface area (TPSA) is 67.4 Å². The van der Waals surface area contributed by atoms with Crippen molar-refractivity contribution in [2.24, 2.45) is 5.92 Å². The minimum Gasteiger partial charge on any atom is -0.381 e. The van der Waals surface area contributed by atoms with Gasteiger partial charge in [0.15, 0.2) is 0 Å². The van der Waals surface area contributed by atoms with E-state index in [1.54, 1.807) is 0 Å². The van der Waals surface area contributed by atoms with Crippen LogP contribution in [0, 0.1) is 5.92 Å². The summed E-state index contributed by atoms with van der Waals surface area (Å²) < 4.78 is 31.2. The van der Waals surface area contributed by atoms with Crippen LogP contribution < -0.4 is 10.0 Å². The summed E-state index contributed by atoms with van der Waals surface area (Å²) in [5.74, 6) is 0.595. The van der Waals surface area contributed by atoms with Gasteiger partial charge in [0.05, 0.1) is 5.75 Å². The fourth-order valence-corrected chi connectivity index (χ4v) is 2.82. The molecule has 0 unspecified atom stereocenters. The molecule has 1 saturated heterocycles. The molecule has 5 nitrogen and oxygen atoms in total. The van der Waals surface area contributed by atoms with E-state index in [-0.39, 0.29) is 5.75 Å². The van der Waals surface area contributed by atoms with E-state index >= 15 is 0 Å². The Morgan fingerprint density at radius 2 is 1.94 bits per heavy atom. The Kier molecular flexibility index (Phi) is 7.03. The largest absolute Gasteiger partial charge is 0.381 e. The van der Waals surface area contributed by atoms with Gasteiger partial charge in [0.25, 0.3) is 0 Å². The minimum absolute atomic E-state index is 0.163. The molecule has 2 N–H and O–H groups in total. The van der Waals surface area contributed by atoms with Crippen LogP contribution in [0.15, 0.2) is 0 Å². The van der Waals surface area contributed by atoms with E-state index < -0.39 is 10.0 Å². The second-order valence-electron chi connectivity index (χ2n) is 4.47. The van der Waals surface area contributed by atoms with Crippen molar-refractivity contribution in [2.75, 3.05) is 38.6 Å². The first-order chi connectivity index (χ1) is 8.14. The maximum atomic E-state index is 11.7. The average molecular weight is 264 g/mol. The van der Waals surface area contributed by atoms with Crippen LogP contribution in [0.5, 0.6) is 0 Å². The SMILES string of the molecule is CCCNCCS(=O)(=O)NCC1CCOCC1. The number of hydrogen-bond acceptors (Lipinski definition) is 4. The molecule has 0 aromatic heterocycles. The van der Waals surface area contributed by atoms with Gasteiger partial charge in [-0.2, -0.15) is 0 Å². The standard InChI is InChI=1S/C11H24N2O3S/c1-2-5-12-6-9-17(14,15)13-10-11-3-7-16-8-4-11/h11-13H,2-10H2,1H3. The van der Waals surface area contributed by atoms with Gasteiger partial charge in [0.2, 0.25) is 10.0 Å². The van der Waals surface area contributed by atoms with E-state index in [0.29, 0.717) is 19.0 Å². The molecule has 17 heavy (non-hydrogen) atoms. The summed E-state index contributed by atoms with van der Waals surface area (Å²) >= 11 is 0. The van der Waals surface area contributed by atoms with Gasteiger partial charge in [-0.3, -0.25) is 0 Å². The number of hydrogen-bond donors (Lipinski definition) is 2. The highest BCUT2D eigenvalue weighted by atomic mass is 32.2. The molecule has 1 aliphatic heterocycles.